The third-order valence-electron chi connectivity index (χ3n) is 0.843. The lowest BCUT2D eigenvalue weighted by atomic mass is 10.4. The van der Waals surface area contributed by atoms with Gasteiger partial charge in [0.1, 0.15) is 5.69 Å². The van der Waals surface area contributed by atoms with Crippen molar-refractivity contribution >= 4 is 23.9 Å². The molecule has 0 aliphatic carbocycles. The van der Waals surface area contributed by atoms with Crippen molar-refractivity contribution in [3.05, 3.63) is 16.1 Å². The second-order valence-corrected chi connectivity index (χ2v) is 2.22. The molecule has 0 N–H and O–H groups in total. The van der Waals surface area contributed by atoms with Crippen LogP contribution in [0.15, 0.2) is 5.51 Å². The monoisotopic (exact) mass is 141 g/mol. The van der Waals surface area contributed by atoms with Gasteiger partial charge in [0.25, 0.3) is 0 Å². The highest BCUT2D eigenvalue weighted by molar-refractivity contribution is 7.11. The molecule has 3 nitrogen and oxygen atoms in total. The zero-order valence-electron chi connectivity index (χ0n) is 4.40. The maximum atomic E-state index is 10.1. The highest BCUT2D eigenvalue weighted by Crippen LogP contribution is 2.06. The Balaban J connectivity index is 3.12. The fraction of sp³-hybridized carbons (Fsp3) is 0. The van der Waals surface area contributed by atoms with Crippen molar-refractivity contribution in [1.29, 1.82) is 0 Å². The first-order valence-electron chi connectivity index (χ1n) is 2.22. The Morgan fingerprint density at radius 1 is 1.44 bits per heavy atom. The molecule has 0 saturated heterocycles. The molecule has 1 aromatic rings. The van der Waals surface area contributed by atoms with Gasteiger partial charge in [-0.3, -0.25) is 9.59 Å². The van der Waals surface area contributed by atoms with Gasteiger partial charge in [-0.25, -0.2) is 4.98 Å². The summed E-state index contributed by atoms with van der Waals surface area (Å²) in [7, 11) is 0. The number of carbonyl (C=O) groups is 2. The summed E-state index contributed by atoms with van der Waals surface area (Å²) in [5.41, 5.74) is 1.70. The molecule has 0 amide bonds. The molecule has 0 saturated carbocycles. The lowest BCUT2D eigenvalue weighted by Gasteiger charge is -1.76. The molecule has 1 aromatic heterocycles. The predicted molar refractivity (Wildman–Crippen MR) is 32.9 cm³/mol. The van der Waals surface area contributed by atoms with E-state index >= 15 is 0 Å². The summed E-state index contributed by atoms with van der Waals surface area (Å²) >= 11 is 1.16. The maximum absolute atomic E-state index is 10.1. The molecule has 46 valence electrons. The van der Waals surface area contributed by atoms with Crippen molar-refractivity contribution in [2.24, 2.45) is 0 Å². The normalized spacial score (nSPS) is 8.89. The maximum Gasteiger partial charge on any atom is 0.170 e. The Bertz CT molecular complexity index is 208. The standard InChI is InChI=1S/C5H3NO2S/c7-1-4-5(2-8)9-3-6-4/h1-3H. The lowest BCUT2D eigenvalue weighted by molar-refractivity contribution is 0.109. The van der Waals surface area contributed by atoms with E-state index < -0.39 is 0 Å². The van der Waals surface area contributed by atoms with E-state index in [1.54, 1.807) is 0 Å². The number of nitrogens with zero attached hydrogens (tertiary/aromatic N) is 1. The second-order valence-electron chi connectivity index (χ2n) is 1.34. The Morgan fingerprint density at radius 3 is 2.67 bits per heavy atom. The minimum atomic E-state index is 0.231. The van der Waals surface area contributed by atoms with E-state index in [4.69, 9.17) is 0 Å². The van der Waals surface area contributed by atoms with Crippen LogP contribution in [0.5, 0.6) is 0 Å². The summed E-state index contributed by atoms with van der Waals surface area (Å²) < 4.78 is 0. The van der Waals surface area contributed by atoms with E-state index in [1.807, 2.05) is 0 Å². The molecule has 0 aliphatic rings. The summed E-state index contributed by atoms with van der Waals surface area (Å²) in [5, 5.41) is 0. The third-order valence-corrected chi connectivity index (χ3v) is 1.61. The van der Waals surface area contributed by atoms with Gasteiger partial charge >= 0.3 is 0 Å². The van der Waals surface area contributed by atoms with Crippen LogP contribution in [0.4, 0.5) is 0 Å². The second kappa shape index (κ2) is 2.50. The highest BCUT2D eigenvalue weighted by atomic mass is 32.1. The van der Waals surface area contributed by atoms with Crippen molar-refractivity contribution < 1.29 is 9.59 Å². The van der Waals surface area contributed by atoms with Crippen LogP contribution in [0, 0.1) is 0 Å². The minimum absolute atomic E-state index is 0.231. The van der Waals surface area contributed by atoms with E-state index in [1.165, 1.54) is 5.51 Å². The third kappa shape index (κ3) is 1.02. The summed E-state index contributed by atoms with van der Waals surface area (Å²) in [4.78, 5) is 24.1. The fourth-order valence-electron chi connectivity index (χ4n) is 0.441. The molecule has 1 rings (SSSR count). The molecule has 0 aliphatic heterocycles. The molecule has 0 atom stereocenters. The van der Waals surface area contributed by atoms with Crippen LogP contribution < -0.4 is 0 Å². The smallest absolute Gasteiger partial charge is 0.170 e. The lowest BCUT2D eigenvalue weighted by Crippen LogP contribution is -1.83. The SMILES string of the molecule is O=Cc1ncsc1C=O. The highest BCUT2D eigenvalue weighted by Gasteiger charge is 2.00. The first kappa shape index (κ1) is 6.10. The molecule has 1 heterocycles. The molecule has 9 heavy (non-hydrogen) atoms. The van der Waals surface area contributed by atoms with Gasteiger partial charge < -0.3 is 0 Å². The van der Waals surface area contributed by atoms with Gasteiger partial charge in [-0.1, -0.05) is 0 Å². The Morgan fingerprint density at radius 2 is 2.22 bits per heavy atom. The molecular weight excluding hydrogens is 138 g/mol. The van der Waals surface area contributed by atoms with Gasteiger partial charge in [0, 0.05) is 0 Å². The van der Waals surface area contributed by atoms with Gasteiger partial charge in [0.05, 0.1) is 10.4 Å². The summed E-state index contributed by atoms with van der Waals surface area (Å²) in [6.07, 6.45) is 1.20. The number of aromatic nitrogens is 1. The molecule has 0 bridgehead atoms. The van der Waals surface area contributed by atoms with E-state index in [9.17, 15) is 9.59 Å². The number of hydrogen-bond donors (Lipinski definition) is 0. The molecule has 4 heteroatoms. The topological polar surface area (TPSA) is 47.0 Å². The average molecular weight is 141 g/mol. The molecule has 0 fully saturated rings. The quantitative estimate of drug-likeness (QED) is 0.571. The zero-order valence-corrected chi connectivity index (χ0v) is 5.22. The fourth-order valence-corrected chi connectivity index (χ4v) is 0.998. The Kier molecular flexibility index (Phi) is 1.69. The first-order chi connectivity index (χ1) is 4.38. The van der Waals surface area contributed by atoms with Gasteiger partial charge in [0.2, 0.25) is 0 Å². The average Bonchev–Trinajstić information content (AvgIpc) is 2.33. The number of thiazole rings is 1. The van der Waals surface area contributed by atoms with E-state index in [2.05, 4.69) is 4.98 Å². The van der Waals surface area contributed by atoms with Gasteiger partial charge in [-0.15, -0.1) is 11.3 Å². The Labute approximate surface area is 55.3 Å². The van der Waals surface area contributed by atoms with Crippen LogP contribution in [0.3, 0.4) is 0 Å². The van der Waals surface area contributed by atoms with Crippen LogP contribution in [-0.4, -0.2) is 17.6 Å². The van der Waals surface area contributed by atoms with Crippen molar-refractivity contribution in [2.45, 2.75) is 0 Å². The number of carbonyl (C=O) groups excluding carboxylic acids is 2. The van der Waals surface area contributed by atoms with E-state index in [0.29, 0.717) is 17.4 Å². The van der Waals surface area contributed by atoms with Gasteiger partial charge in [-0.2, -0.15) is 0 Å². The number of rotatable bonds is 2. The van der Waals surface area contributed by atoms with Crippen molar-refractivity contribution in [3.8, 4) is 0 Å². The van der Waals surface area contributed by atoms with E-state index in [0.717, 1.165) is 11.3 Å². The van der Waals surface area contributed by atoms with E-state index in [-0.39, 0.29) is 5.69 Å². The predicted octanol–water partition coefficient (Wildman–Crippen LogP) is 0.768. The van der Waals surface area contributed by atoms with Gasteiger partial charge in [0.15, 0.2) is 12.6 Å². The van der Waals surface area contributed by atoms with Crippen LogP contribution in [0.1, 0.15) is 20.2 Å². The van der Waals surface area contributed by atoms with Crippen LogP contribution in [-0.2, 0) is 0 Å². The molecule has 0 spiro atoms. The summed E-state index contributed by atoms with van der Waals surface area (Å²) in [6.45, 7) is 0. The molecule has 0 radical (unpaired) electrons. The summed E-state index contributed by atoms with van der Waals surface area (Å²) in [5.74, 6) is 0. The van der Waals surface area contributed by atoms with Crippen molar-refractivity contribution in [1.82, 2.24) is 4.98 Å². The zero-order chi connectivity index (χ0) is 6.69. The molecular formula is C5H3NO2S. The molecule has 0 aromatic carbocycles. The van der Waals surface area contributed by atoms with Crippen LogP contribution in [0.2, 0.25) is 0 Å². The van der Waals surface area contributed by atoms with Crippen LogP contribution >= 0.6 is 11.3 Å². The summed E-state index contributed by atoms with van der Waals surface area (Å²) in [6, 6.07) is 0. The van der Waals surface area contributed by atoms with Crippen molar-refractivity contribution in [3.63, 3.8) is 0 Å². The Hall–Kier alpha value is -1.03. The molecule has 0 unspecified atom stereocenters. The minimum Gasteiger partial charge on any atom is -0.297 e. The number of hydrogen-bond acceptors (Lipinski definition) is 4. The van der Waals surface area contributed by atoms with Crippen molar-refractivity contribution in [2.75, 3.05) is 0 Å². The van der Waals surface area contributed by atoms with Gasteiger partial charge in [-0.05, 0) is 0 Å². The number of aldehydes is 2. The van der Waals surface area contributed by atoms with Crippen LogP contribution in [0.25, 0.3) is 0 Å². The largest absolute Gasteiger partial charge is 0.297 e. The first-order valence-corrected chi connectivity index (χ1v) is 3.10.